The smallest absolute Gasteiger partial charge is 0.264 e. The third-order valence-electron chi connectivity index (χ3n) is 3.38. The van der Waals surface area contributed by atoms with E-state index in [4.69, 9.17) is 9.47 Å². The lowest BCUT2D eigenvalue weighted by Gasteiger charge is -2.09. The number of halogens is 2. The first-order valence-electron chi connectivity index (χ1n) is 7.53. The van der Waals surface area contributed by atoms with Crippen molar-refractivity contribution in [3.63, 3.8) is 0 Å². The van der Waals surface area contributed by atoms with Crippen LogP contribution in [0.3, 0.4) is 0 Å². The normalized spacial score (nSPS) is 10.4. The van der Waals surface area contributed by atoms with Crippen LogP contribution >= 0.6 is 11.3 Å². The largest absolute Gasteiger partial charge is 0.493 e. The Bertz CT molecular complexity index is 930. The maximum Gasteiger partial charge on any atom is 0.264 e. The summed E-state index contributed by atoms with van der Waals surface area (Å²) < 4.78 is 37.6. The minimum Gasteiger partial charge on any atom is -0.493 e. The number of methoxy groups -OCH3 is 1. The molecule has 1 N–H and O–H groups in total. The van der Waals surface area contributed by atoms with Crippen LogP contribution in [0.25, 0.3) is 11.3 Å². The van der Waals surface area contributed by atoms with Gasteiger partial charge < -0.3 is 9.47 Å². The zero-order valence-electron chi connectivity index (χ0n) is 13.7. The van der Waals surface area contributed by atoms with Crippen molar-refractivity contribution in [1.82, 2.24) is 4.98 Å². The highest BCUT2D eigenvalue weighted by Gasteiger charge is 2.13. The highest BCUT2D eigenvalue weighted by atomic mass is 32.1. The van der Waals surface area contributed by atoms with Gasteiger partial charge in [0.1, 0.15) is 11.6 Å². The van der Waals surface area contributed by atoms with Crippen LogP contribution in [0.1, 0.15) is 0 Å². The van der Waals surface area contributed by atoms with Gasteiger partial charge >= 0.3 is 0 Å². The first-order valence-corrected chi connectivity index (χ1v) is 8.41. The predicted molar refractivity (Wildman–Crippen MR) is 94.6 cm³/mol. The summed E-state index contributed by atoms with van der Waals surface area (Å²) in [6, 6.07) is 10.1. The number of anilines is 1. The zero-order valence-corrected chi connectivity index (χ0v) is 14.5. The van der Waals surface area contributed by atoms with E-state index in [-0.39, 0.29) is 23.0 Å². The van der Waals surface area contributed by atoms with Gasteiger partial charge in [0.2, 0.25) is 0 Å². The molecule has 1 heterocycles. The van der Waals surface area contributed by atoms with Gasteiger partial charge in [-0.05, 0) is 30.3 Å². The Morgan fingerprint density at radius 1 is 1.19 bits per heavy atom. The summed E-state index contributed by atoms with van der Waals surface area (Å²) in [5, 5.41) is 4.36. The molecule has 8 heteroatoms. The van der Waals surface area contributed by atoms with E-state index >= 15 is 0 Å². The second-order valence-electron chi connectivity index (χ2n) is 5.15. The highest BCUT2D eigenvalue weighted by molar-refractivity contribution is 7.14. The quantitative estimate of drug-likeness (QED) is 0.703. The van der Waals surface area contributed by atoms with Gasteiger partial charge in [-0.15, -0.1) is 11.3 Å². The molecule has 0 spiro atoms. The number of aromatic nitrogens is 1. The summed E-state index contributed by atoms with van der Waals surface area (Å²) in [5.41, 5.74) is 0.278. The monoisotopic (exact) mass is 376 g/mol. The number of para-hydroxylation sites is 2. The van der Waals surface area contributed by atoms with E-state index in [0.717, 1.165) is 29.5 Å². The number of hydrogen-bond acceptors (Lipinski definition) is 5. The van der Waals surface area contributed by atoms with Crippen molar-refractivity contribution >= 4 is 22.4 Å². The summed E-state index contributed by atoms with van der Waals surface area (Å²) in [7, 11) is 1.50. The first-order chi connectivity index (χ1) is 12.6. The summed E-state index contributed by atoms with van der Waals surface area (Å²) in [5.74, 6) is -0.638. The molecule has 0 saturated heterocycles. The Morgan fingerprint density at radius 3 is 2.73 bits per heavy atom. The minimum atomic E-state index is -0.589. The van der Waals surface area contributed by atoms with Crippen LogP contribution in [-0.4, -0.2) is 24.6 Å². The molecule has 0 aliphatic heterocycles. The highest BCUT2D eigenvalue weighted by Crippen LogP contribution is 2.28. The molecule has 0 atom stereocenters. The Hall–Kier alpha value is -3.00. The van der Waals surface area contributed by atoms with Crippen LogP contribution in [0.2, 0.25) is 0 Å². The van der Waals surface area contributed by atoms with Crippen molar-refractivity contribution in [1.29, 1.82) is 0 Å². The SMILES string of the molecule is COc1ccccc1OCC(=O)Nc1nc(-c2cc(F)ccc2F)cs1. The van der Waals surface area contributed by atoms with E-state index < -0.39 is 17.5 Å². The number of hydrogen-bond donors (Lipinski definition) is 1. The van der Waals surface area contributed by atoms with E-state index in [0.29, 0.717) is 11.5 Å². The average molecular weight is 376 g/mol. The molecule has 3 rings (SSSR count). The van der Waals surface area contributed by atoms with Crippen molar-refractivity contribution in [3.8, 4) is 22.8 Å². The van der Waals surface area contributed by atoms with E-state index in [1.54, 1.807) is 24.3 Å². The van der Waals surface area contributed by atoms with Gasteiger partial charge in [-0.1, -0.05) is 12.1 Å². The molecule has 0 saturated carbocycles. The van der Waals surface area contributed by atoms with Crippen molar-refractivity contribution in [3.05, 3.63) is 59.5 Å². The predicted octanol–water partition coefficient (Wildman–Crippen LogP) is 4.11. The number of carbonyl (C=O) groups excluding carboxylic acids is 1. The van der Waals surface area contributed by atoms with Gasteiger partial charge in [0, 0.05) is 10.9 Å². The number of amides is 1. The fourth-order valence-corrected chi connectivity index (χ4v) is 2.91. The Labute approximate surface area is 152 Å². The van der Waals surface area contributed by atoms with Gasteiger partial charge in [-0.2, -0.15) is 0 Å². The molecular weight excluding hydrogens is 362 g/mol. The molecule has 0 fully saturated rings. The van der Waals surface area contributed by atoms with E-state index in [2.05, 4.69) is 10.3 Å². The lowest BCUT2D eigenvalue weighted by molar-refractivity contribution is -0.118. The fourth-order valence-electron chi connectivity index (χ4n) is 2.19. The molecular formula is C18H14F2N2O3S. The number of carbonyl (C=O) groups is 1. The van der Waals surface area contributed by atoms with Gasteiger partial charge in [0.05, 0.1) is 12.8 Å². The van der Waals surface area contributed by atoms with Crippen LogP contribution in [0.4, 0.5) is 13.9 Å². The molecule has 1 aromatic heterocycles. The van der Waals surface area contributed by atoms with Crippen LogP contribution in [0.15, 0.2) is 47.8 Å². The number of ether oxygens (including phenoxy) is 2. The molecule has 134 valence electrons. The molecule has 2 aromatic carbocycles. The second kappa shape index (κ2) is 7.92. The minimum absolute atomic E-state index is 0.0343. The lowest BCUT2D eigenvalue weighted by atomic mass is 10.1. The number of benzene rings is 2. The van der Waals surface area contributed by atoms with Crippen molar-refractivity contribution in [2.45, 2.75) is 0 Å². The second-order valence-corrected chi connectivity index (χ2v) is 6.01. The molecule has 0 radical (unpaired) electrons. The van der Waals surface area contributed by atoms with Crippen molar-refractivity contribution < 1.29 is 23.0 Å². The Kier molecular flexibility index (Phi) is 5.43. The third-order valence-corrected chi connectivity index (χ3v) is 4.14. The summed E-state index contributed by atoms with van der Waals surface area (Å²) >= 11 is 1.10. The maximum atomic E-state index is 13.8. The topological polar surface area (TPSA) is 60.5 Å². The Morgan fingerprint density at radius 2 is 1.96 bits per heavy atom. The van der Waals surface area contributed by atoms with Crippen LogP contribution in [0, 0.1) is 11.6 Å². The molecule has 0 aliphatic carbocycles. The number of rotatable bonds is 6. The summed E-state index contributed by atoms with van der Waals surface area (Å²) in [6.07, 6.45) is 0. The molecule has 26 heavy (non-hydrogen) atoms. The van der Waals surface area contributed by atoms with Crippen molar-refractivity contribution in [2.75, 3.05) is 19.0 Å². The maximum absolute atomic E-state index is 13.8. The van der Waals surface area contributed by atoms with Gasteiger partial charge in [0.15, 0.2) is 23.2 Å². The summed E-state index contributed by atoms with van der Waals surface area (Å²) in [6.45, 7) is -0.246. The van der Waals surface area contributed by atoms with E-state index in [9.17, 15) is 13.6 Å². The third kappa shape index (κ3) is 4.15. The first kappa shape index (κ1) is 17.8. The van der Waals surface area contributed by atoms with E-state index in [1.165, 1.54) is 12.5 Å². The lowest BCUT2D eigenvalue weighted by Crippen LogP contribution is -2.20. The number of thiazole rings is 1. The molecule has 5 nitrogen and oxygen atoms in total. The standard InChI is InChI=1S/C18H14F2N2O3S/c1-24-15-4-2-3-5-16(15)25-9-17(23)22-18-21-14(10-26-18)12-8-11(19)6-7-13(12)20/h2-8,10H,9H2,1H3,(H,21,22,23). The summed E-state index contributed by atoms with van der Waals surface area (Å²) in [4.78, 5) is 16.1. The van der Waals surface area contributed by atoms with Crippen LogP contribution in [0.5, 0.6) is 11.5 Å². The zero-order chi connectivity index (χ0) is 18.5. The van der Waals surface area contributed by atoms with Gasteiger partial charge in [-0.25, -0.2) is 13.8 Å². The molecule has 1 amide bonds. The average Bonchev–Trinajstić information content (AvgIpc) is 3.10. The van der Waals surface area contributed by atoms with Gasteiger partial charge in [-0.3, -0.25) is 10.1 Å². The fraction of sp³-hybridized carbons (Fsp3) is 0.111. The molecule has 0 unspecified atom stereocenters. The van der Waals surface area contributed by atoms with Crippen LogP contribution < -0.4 is 14.8 Å². The Balaban J connectivity index is 1.64. The number of nitrogens with zero attached hydrogens (tertiary/aromatic N) is 1. The molecule has 3 aromatic rings. The molecule has 0 bridgehead atoms. The van der Waals surface area contributed by atoms with Gasteiger partial charge in [0.25, 0.3) is 5.91 Å². The van der Waals surface area contributed by atoms with Crippen molar-refractivity contribution in [2.24, 2.45) is 0 Å². The van der Waals surface area contributed by atoms with Crippen LogP contribution in [-0.2, 0) is 4.79 Å². The molecule has 0 aliphatic rings. The van der Waals surface area contributed by atoms with E-state index in [1.807, 2.05) is 0 Å². The number of nitrogens with one attached hydrogen (secondary N) is 1.